The molecule has 3 aromatic heterocycles. The molecule has 3 heterocycles. The van der Waals surface area contributed by atoms with Crippen molar-refractivity contribution in [2.45, 2.75) is 6.42 Å². The van der Waals surface area contributed by atoms with Crippen LogP contribution in [0.15, 0.2) is 94.2 Å². The van der Waals surface area contributed by atoms with E-state index in [1.165, 1.54) is 0 Å². The Labute approximate surface area is 182 Å². The van der Waals surface area contributed by atoms with Gasteiger partial charge >= 0.3 is 0 Å². The molecule has 0 aliphatic carbocycles. The van der Waals surface area contributed by atoms with Crippen LogP contribution >= 0.6 is 0 Å². The fourth-order valence-electron chi connectivity index (χ4n) is 3.21. The van der Waals surface area contributed by atoms with E-state index in [-0.39, 0.29) is 11.6 Å². The first-order chi connectivity index (χ1) is 15.8. The highest BCUT2D eigenvalue weighted by atomic mass is 16.5. The minimum atomic E-state index is -0.370. The minimum absolute atomic E-state index is 0.190. The third kappa shape index (κ3) is 4.15. The Bertz CT molecular complexity index is 1350. The SMILES string of the molecule is O=C(Nc1ccccc1Cc1nc(-c2cccnc2)no1)c1cc(-c2ccccc2)on1. The summed E-state index contributed by atoms with van der Waals surface area (Å²) in [6, 6.07) is 22.2. The van der Waals surface area contributed by atoms with E-state index in [9.17, 15) is 4.79 Å². The molecule has 0 fully saturated rings. The molecular formula is C24H17N5O3. The third-order valence-electron chi connectivity index (χ3n) is 4.80. The van der Waals surface area contributed by atoms with Crippen molar-refractivity contribution in [2.75, 3.05) is 5.32 Å². The Morgan fingerprint density at radius 3 is 2.53 bits per heavy atom. The van der Waals surface area contributed by atoms with E-state index in [2.05, 4.69) is 25.6 Å². The summed E-state index contributed by atoms with van der Waals surface area (Å²) < 4.78 is 10.7. The molecule has 0 radical (unpaired) electrons. The van der Waals surface area contributed by atoms with E-state index in [4.69, 9.17) is 9.05 Å². The number of carbonyl (C=O) groups excluding carboxylic acids is 1. The topological polar surface area (TPSA) is 107 Å². The molecule has 5 aromatic rings. The molecule has 0 spiro atoms. The van der Waals surface area contributed by atoms with Gasteiger partial charge in [0.2, 0.25) is 11.7 Å². The number of carbonyl (C=O) groups is 1. The molecule has 0 bridgehead atoms. The molecule has 0 unspecified atom stereocenters. The lowest BCUT2D eigenvalue weighted by molar-refractivity contribution is 0.101. The first kappa shape index (κ1) is 19.4. The van der Waals surface area contributed by atoms with Gasteiger partial charge in [-0.2, -0.15) is 4.98 Å². The Hall–Kier alpha value is -4.59. The first-order valence-electron chi connectivity index (χ1n) is 9.90. The summed E-state index contributed by atoms with van der Waals surface area (Å²) >= 11 is 0. The van der Waals surface area contributed by atoms with Crippen LogP contribution in [0.2, 0.25) is 0 Å². The predicted octanol–water partition coefficient (Wildman–Crippen LogP) is 4.63. The fraction of sp³-hybridized carbons (Fsp3) is 0.0417. The summed E-state index contributed by atoms with van der Waals surface area (Å²) in [7, 11) is 0. The zero-order valence-corrected chi connectivity index (χ0v) is 16.8. The lowest BCUT2D eigenvalue weighted by Gasteiger charge is -2.08. The van der Waals surface area contributed by atoms with Crippen LogP contribution in [0.3, 0.4) is 0 Å². The van der Waals surface area contributed by atoms with E-state index in [1.807, 2.05) is 66.7 Å². The van der Waals surface area contributed by atoms with Gasteiger partial charge in [0, 0.05) is 35.3 Å². The second-order valence-corrected chi connectivity index (χ2v) is 6.98. The summed E-state index contributed by atoms with van der Waals surface area (Å²) in [5.74, 6) is 1.05. The Morgan fingerprint density at radius 2 is 1.69 bits per heavy atom. The van der Waals surface area contributed by atoms with Crippen molar-refractivity contribution in [3.05, 3.63) is 102 Å². The van der Waals surface area contributed by atoms with Gasteiger partial charge in [0.05, 0.1) is 6.42 Å². The lowest BCUT2D eigenvalue weighted by atomic mass is 10.1. The first-order valence-corrected chi connectivity index (χ1v) is 9.90. The monoisotopic (exact) mass is 423 g/mol. The van der Waals surface area contributed by atoms with Gasteiger partial charge in [-0.05, 0) is 23.8 Å². The Morgan fingerprint density at radius 1 is 0.875 bits per heavy atom. The molecule has 8 nitrogen and oxygen atoms in total. The van der Waals surface area contributed by atoms with E-state index < -0.39 is 0 Å². The van der Waals surface area contributed by atoms with Crippen LogP contribution in [0.1, 0.15) is 21.9 Å². The number of hydrogen-bond acceptors (Lipinski definition) is 7. The Balaban J connectivity index is 1.33. The quantitative estimate of drug-likeness (QED) is 0.424. The molecule has 0 aliphatic rings. The third-order valence-corrected chi connectivity index (χ3v) is 4.80. The molecule has 32 heavy (non-hydrogen) atoms. The highest BCUT2D eigenvalue weighted by molar-refractivity contribution is 6.03. The minimum Gasteiger partial charge on any atom is -0.355 e. The van der Waals surface area contributed by atoms with Crippen LogP contribution in [0, 0.1) is 0 Å². The van der Waals surface area contributed by atoms with E-state index in [0.29, 0.717) is 29.6 Å². The van der Waals surface area contributed by atoms with Gasteiger partial charge in [-0.15, -0.1) is 0 Å². The summed E-state index contributed by atoms with van der Waals surface area (Å²) in [5, 5.41) is 10.8. The van der Waals surface area contributed by atoms with Gasteiger partial charge in [0.1, 0.15) is 0 Å². The van der Waals surface area contributed by atoms with Crippen LogP contribution in [0.5, 0.6) is 0 Å². The number of nitrogens with zero attached hydrogens (tertiary/aromatic N) is 4. The Kier molecular flexibility index (Phi) is 5.24. The van der Waals surface area contributed by atoms with Crippen molar-refractivity contribution in [2.24, 2.45) is 0 Å². The van der Waals surface area contributed by atoms with Crippen LogP contribution in [-0.4, -0.2) is 26.2 Å². The van der Waals surface area contributed by atoms with Crippen LogP contribution in [-0.2, 0) is 6.42 Å². The van der Waals surface area contributed by atoms with Gasteiger partial charge in [0.15, 0.2) is 11.5 Å². The number of anilines is 1. The normalized spacial score (nSPS) is 10.8. The van der Waals surface area contributed by atoms with Crippen LogP contribution < -0.4 is 5.32 Å². The van der Waals surface area contributed by atoms with E-state index in [1.54, 1.807) is 18.5 Å². The van der Waals surface area contributed by atoms with Gasteiger partial charge in [0.25, 0.3) is 5.91 Å². The van der Waals surface area contributed by atoms with E-state index in [0.717, 1.165) is 16.7 Å². The van der Waals surface area contributed by atoms with Gasteiger partial charge < -0.3 is 14.4 Å². The second-order valence-electron chi connectivity index (χ2n) is 6.98. The van der Waals surface area contributed by atoms with Crippen molar-refractivity contribution in [3.8, 4) is 22.7 Å². The van der Waals surface area contributed by atoms with Crippen LogP contribution in [0.25, 0.3) is 22.7 Å². The molecule has 0 atom stereocenters. The molecule has 5 rings (SSSR count). The van der Waals surface area contributed by atoms with Crippen LogP contribution in [0.4, 0.5) is 5.69 Å². The molecule has 0 saturated carbocycles. The van der Waals surface area contributed by atoms with Crippen molar-refractivity contribution in [1.82, 2.24) is 20.3 Å². The largest absolute Gasteiger partial charge is 0.355 e. The molecule has 1 amide bonds. The summed E-state index contributed by atoms with van der Waals surface area (Å²) in [5.41, 5.74) is 3.26. The molecule has 8 heteroatoms. The summed E-state index contributed by atoms with van der Waals surface area (Å²) in [6.07, 6.45) is 3.71. The second kappa shape index (κ2) is 8.65. The summed E-state index contributed by atoms with van der Waals surface area (Å²) in [6.45, 7) is 0. The van der Waals surface area contributed by atoms with Gasteiger partial charge in [-0.1, -0.05) is 58.8 Å². The van der Waals surface area contributed by atoms with Crippen molar-refractivity contribution < 1.29 is 13.8 Å². The number of aromatic nitrogens is 4. The molecule has 2 aromatic carbocycles. The number of nitrogens with one attached hydrogen (secondary N) is 1. The predicted molar refractivity (Wildman–Crippen MR) is 117 cm³/mol. The maximum absolute atomic E-state index is 12.8. The maximum atomic E-state index is 12.8. The number of benzene rings is 2. The zero-order valence-electron chi connectivity index (χ0n) is 16.8. The molecular weight excluding hydrogens is 406 g/mol. The smallest absolute Gasteiger partial charge is 0.277 e. The fourth-order valence-corrected chi connectivity index (χ4v) is 3.21. The standard InChI is InChI=1S/C24H17N5O3/c30-24(20-14-21(31-28-20)16-7-2-1-3-8-16)26-19-11-5-4-9-17(19)13-22-27-23(29-32-22)18-10-6-12-25-15-18/h1-12,14-15H,13H2,(H,26,30). The summed E-state index contributed by atoms with van der Waals surface area (Å²) in [4.78, 5) is 21.3. The van der Waals surface area contributed by atoms with Crippen molar-refractivity contribution in [3.63, 3.8) is 0 Å². The molecule has 0 aliphatic heterocycles. The lowest BCUT2D eigenvalue weighted by Crippen LogP contribution is -2.13. The van der Waals surface area contributed by atoms with Crippen molar-refractivity contribution >= 4 is 11.6 Å². The van der Waals surface area contributed by atoms with Crippen molar-refractivity contribution in [1.29, 1.82) is 0 Å². The average Bonchev–Trinajstić information content (AvgIpc) is 3.52. The van der Waals surface area contributed by atoms with E-state index >= 15 is 0 Å². The number of pyridine rings is 1. The number of rotatable bonds is 6. The highest BCUT2D eigenvalue weighted by Gasteiger charge is 2.17. The average molecular weight is 423 g/mol. The molecule has 0 saturated heterocycles. The number of amides is 1. The van der Waals surface area contributed by atoms with Gasteiger partial charge in [-0.25, -0.2) is 0 Å². The molecule has 156 valence electrons. The number of hydrogen-bond donors (Lipinski definition) is 1. The number of para-hydroxylation sites is 1. The molecule has 1 N–H and O–H groups in total. The maximum Gasteiger partial charge on any atom is 0.277 e. The zero-order chi connectivity index (χ0) is 21.8. The highest BCUT2D eigenvalue weighted by Crippen LogP contribution is 2.23. The van der Waals surface area contributed by atoms with Gasteiger partial charge in [-0.3, -0.25) is 9.78 Å².